The summed E-state index contributed by atoms with van der Waals surface area (Å²) < 4.78 is 27.2. The molecule has 1 heterocycles. The number of rotatable bonds is 6. The molecule has 2 amide bonds. The summed E-state index contributed by atoms with van der Waals surface area (Å²) in [5.74, 6) is -1.39. The van der Waals surface area contributed by atoms with Crippen LogP contribution in [0, 0.1) is 23.0 Å². The number of anilines is 1. The lowest BCUT2D eigenvalue weighted by Gasteiger charge is -2.35. The molecule has 3 rings (SSSR count). The summed E-state index contributed by atoms with van der Waals surface area (Å²) in [7, 11) is 0. The van der Waals surface area contributed by atoms with E-state index in [2.05, 4.69) is 0 Å². The molecule has 0 spiro atoms. The molecule has 0 aromatic heterocycles. The van der Waals surface area contributed by atoms with Gasteiger partial charge in [0, 0.05) is 38.3 Å². The zero-order valence-corrected chi connectivity index (χ0v) is 16.4. The molecule has 0 atom stereocenters. The number of hydrogen-bond acceptors (Lipinski definition) is 4. The lowest BCUT2D eigenvalue weighted by Crippen LogP contribution is -2.51. The van der Waals surface area contributed by atoms with Gasteiger partial charge in [0.2, 0.25) is 5.91 Å². The Morgan fingerprint density at radius 2 is 1.67 bits per heavy atom. The number of piperazine rings is 1. The molecule has 0 radical (unpaired) electrons. The molecule has 8 heteroatoms. The van der Waals surface area contributed by atoms with Gasteiger partial charge >= 0.3 is 0 Å². The van der Waals surface area contributed by atoms with Gasteiger partial charge in [-0.2, -0.15) is 5.26 Å². The average Bonchev–Trinajstić information content (AvgIpc) is 2.76. The first kappa shape index (κ1) is 21.4. The van der Waals surface area contributed by atoms with Gasteiger partial charge < -0.3 is 9.80 Å². The van der Waals surface area contributed by atoms with Crippen molar-refractivity contribution in [3.05, 3.63) is 65.7 Å². The summed E-state index contributed by atoms with van der Waals surface area (Å²) in [4.78, 5) is 30.2. The zero-order valence-electron chi connectivity index (χ0n) is 16.4. The maximum absolute atomic E-state index is 14.2. The Balaban J connectivity index is 1.59. The molecule has 0 unspecified atom stereocenters. The van der Waals surface area contributed by atoms with Crippen LogP contribution in [0.25, 0.3) is 0 Å². The fourth-order valence-corrected chi connectivity index (χ4v) is 3.37. The second kappa shape index (κ2) is 9.94. The van der Waals surface area contributed by atoms with Crippen LogP contribution in [-0.2, 0) is 4.79 Å². The quantitative estimate of drug-likeness (QED) is 0.732. The number of para-hydroxylation sites is 1. The van der Waals surface area contributed by atoms with E-state index in [-0.39, 0.29) is 37.0 Å². The van der Waals surface area contributed by atoms with Crippen molar-refractivity contribution >= 4 is 17.5 Å². The lowest BCUT2D eigenvalue weighted by atomic mass is 10.1. The van der Waals surface area contributed by atoms with Crippen LogP contribution in [0.3, 0.4) is 0 Å². The van der Waals surface area contributed by atoms with Crippen LogP contribution in [0.4, 0.5) is 14.5 Å². The second-order valence-electron chi connectivity index (χ2n) is 6.98. The molecule has 0 N–H and O–H groups in total. The van der Waals surface area contributed by atoms with E-state index in [0.29, 0.717) is 31.7 Å². The number of carbonyl (C=O) groups is 2. The van der Waals surface area contributed by atoms with E-state index in [4.69, 9.17) is 5.26 Å². The highest BCUT2D eigenvalue weighted by Gasteiger charge is 2.26. The van der Waals surface area contributed by atoms with Gasteiger partial charge in [0.05, 0.1) is 24.7 Å². The Morgan fingerprint density at radius 1 is 1.00 bits per heavy atom. The van der Waals surface area contributed by atoms with Crippen LogP contribution in [0.15, 0.2) is 48.5 Å². The molecule has 156 valence electrons. The van der Waals surface area contributed by atoms with E-state index >= 15 is 0 Å². The summed E-state index contributed by atoms with van der Waals surface area (Å²) in [6, 6.07) is 13.4. The largest absolute Gasteiger partial charge is 0.336 e. The van der Waals surface area contributed by atoms with Crippen molar-refractivity contribution < 1.29 is 18.4 Å². The summed E-state index contributed by atoms with van der Waals surface area (Å²) >= 11 is 0. The summed E-state index contributed by atoms with van der Waals surface area (Å²) in [6.07, 6.45) is 0.0972. The number of nitriles is 1. The van der Waals surface area contributed by atoms with Crippen LogP contribution in [0.2, 0.25) is 0 Å². The Labute approximate surface area is 173 Å². The molecule has 0 saturated carbocycles. The molecule has 2 aromatic rings. The third-order valence-corrected chi connectivity index (χ3v) is 5.00. The van der Waals surface area contributed by atoms with E-state index in [1.54, 1.807) is 17.0 Å². The summed E-state index contributed by atoms with van der Waals surface area (Å²) in [5.41, 5.74) is 0.575. The highest BCUT2D eigenvalue weighted by atomic mass is 19.1. The number of nitrogens with zero attached hydrogens (tertiary/aromatic N) is 4. The first-order chi connectivity index (χ1) is 14.5. The normalized spacial score (nSPS) is 14.2. The molecule has 0 aliphatic carbocycles. The van der Waals surface area contributed by atoms with Gasteiger partial charge in [0.15, 0.2) is 0 Å². The predicted molar refractivity (Wildman–Crippen MR) is 108 cm³/mol. The van der Waals surface area contributed by atoms with Crippen LogP contribution in [-0.4, -0.2) is 60.9 Å². The standard InChI is InChI=1S/C22H22F2N4O2/c23-18-8-6-17(7-9-18)22(30)27-14-12-26(13-15-27)16-21(29)28(11-3-10-25)20-5-2-1-4-19(20)24/h1-2,4-9H,3,11-16H2. The van der Waals surface area contributed by atoms with Crippen molar-refractivity contribution in [3.63, 3.8) is 0 Å². The number of hydrogen-bond donors (Lipinski definition) is 0. The van der Waals surface area contributed by atoms with Gasteiger partial charge in [0.1, 0.15) is 11.6 Å². The van der Waals surface area contributed by atoms with E-state index < -0.39 is 11.6 Å². The molecule has 1 fully saturated rings. The molecule has 2 aromatic carbocycles. The third-order valence-electron chi connectivity index (χ3n) is 5.00. The first-order valence-corrected chi connectivity index (χ1v) is 9.68. The highest BCUT2D eigenvalue weighted by Crippen LogP contribution is 2.20. The van der Waals surface area contributed by atoms with Gasteiger partial charge in [-0.3, -0.25) is 14.5 Å². The molecule has 1 aliphatic rings. The van der Waals surface area contributed by atoms with E-state index in [1.807, 2.05) is 11.0 Å². The van der Waals surface area contributed by atoms with Crippen molar-refractivity contribution in [1.82, 2.24) is 9.80 Å². The monoisotopic (exact) mass is 412 g/mol. The molecule has 1 aliphatic heterocycles. The number of benzene rings is 2. The fraction of sp³-hybridized carbons (Fsp3) is 0.318. The van der Waals surface area contributed by atoms with Crippen molar-refractivity contribution in [3.8, 4) is 6.07 Å². The van der Waals surface area contributed by atoms with Crippen LogP contribution in [0.1, 0.15) is 16.8 Å². The van der Waals surface area contributed by atoms with Crippen molar-refractivity contribution in [2.45, 2.75) is 6.42 Å². The van der Waals surface area contributed by atoms with E-state index in [1.165, 1.54) is 41.3 Å². The Morgan fingerprint density at radius 3 is 2.30 bits per heavy atom. The zero-order chi connectivity index (χ0) is 21.5. The van der Waals surface area contributed by atoms with Gasteiger partial charge in [0.25, 0.3) is 5.91 Å². The van der Waals surface area contributed by atoms with Crippen LogP contribution >= 0.6 is 0 Å². The van der Waals surface area contributed by atoms with Crippen molar-refractivity contribution in [2.75, 3.05) is 44.2 Å². The number of amides is 2. The highest BCUT2D eigenvalue weighted by molar-refractivity contribution is 5.95. The fourth-order valence-electron chi connectivity index (χ4n) is 3.37. The van der Waals surface area contributed by atoms with Gasteiger partial charge in [-0.1, -0.05) is 12.1 Å². The van der Waals surface area contributed by atoms with Crippen LogP contribution < -0.4 is 4.90 Å². The Hall–Kier alpha value is -3.31. The van der Waals surface area contributed by atoms with Gasteiger partial charge in [-0.25, -0.2) is 8.78 Å². The second-order valence-corrected chi connectivity index (χ2v) is 6.98. The summed E-state index contributed by atoms with van der Waals surface area (Å²) in [5, 5.41) is 8.87. The third kappa shape index (κ3) is 5.19. The van der Waals surface area contributed by atoms with E-state index in [0.717, 1.165) is 0 Å². The SMILES string of the molecule is N#CCCN(C(=O)CN1CCN(C(=O)c2ccc(F)cc2)CC1)c1ccccc1F. The predicted octanol–water partition coefficient (Wildman–Crippen LogP) is 2.67. The molecule has 6 nitrogen and oxygen atoms in total. The minimum atomic E-state index is -0.515. The topological polar surface area (TPSA) is 67.7 Å². The van der Waals surface area contributed by atoms with Gasteiger partial charge in [-0.15, -0.1) is 0 Å². The van der Waals surface area contributed by atoms with Crippen LogP contribution in [0.5, 0.6) is 0 Å². The van der Waals surface area contributed by atoms with E-state index in [9.17, 15) is 18.4 Å². The Bertz CT molecular complexity index is 935. The average molecular weight is 412 g/mol. The minimum absolute atomic E-state index is 0.0678. The van der Waals surface area contributed by atoms with Crippen molar-refractivity contribution in [2.24, 2.45) is 0 Å². The maximum atomic E-state index is 14.2. The molecule has 0 bridgehead atoms. The smallest absolute Gasteiger partial charge is 0.253 e. The lowest BCUT2D eigenvalue weighted by molar-refractivity contribution is -0.120. The van der Waals surface area contributed by atoms with Crippen molar-refractivity contribution in [1.29, 1.82) is 5.26 Å². The molecule has 1 saturated heterocycles. The minimum Gasteiger partial charge on any atom is -0.336 e. The maximum Gasteiger partial charge on any atom is 0.253 e. The molecular weight excluding hydrogens is 390 g/mol. The molecular formula is C22H22F2N4O2. The number of halogens is 2. The number of carbonyl (C=O) groups excluding carboxylic acids is 2. The molecule has 30 heavy (non-hydrogen) atoms. The Kier molecular flexibility index (Phi) is 7.09. The first-order valence-electron chi connectivity index (χ1n) is 9.68. The summed E-state index contributed by atoms with van der Waals surface area (Å²) in [6.45, 7) is 2.02. The van der Waals surface area contributed by atoms with Gasteiger partial charge in [-0.05, 0) is 36.4 Å².